The van der Waals surface area contributed by atoms with E-state index >= 15 is 0 Å². The fourth-order valence-corrected chi connectivity index (χ4v) is 7.92. The number of hydrogen-bond acceptors (Lipinski definition) is 20. The number of para-hydroxylation sites is 2. The van der Waals surface area contributed by atoms with Crippen LogP contribution in [0.15, 0.2) is 36.4 Å². The molecule has 0 spiro atoms. The largest absolute Gasteiger partial charge is 0.504 e. The molecule has 2 unspecified atom stereocenters. The lowest BCUT2D eigenvalue weighted by Gasteiger charge is -2.43. The molecule has 4 aliphatic heterocycles. The van der Waals surface area contributed by atoms with Gasteiger partial charge in [-0.25, -0.2) is 0 Å². The monoisotopic (exact) mass is 1000 g/mol. The van der Waals surface area contributed by atoms with Crippen molar-refractivity contribution in [3.8, 4) is 34.5 Å². The van der Waals surface area contributed by atoms with Gasteiger partial charge < -0.3 is 71.4 Å². The Kier molecular flexibility index (Phi) is 19.1. The molecule has 0 aromatic heterocycles. The van der Waals surface area contributed by atoms with Crippen LogP contribution in [0.25, 0.3) is 0 Å². The van der Waals surface area contributed by atoms with Crippen LogP contribution in [0.5, 0.6) is 34.5 Å². The molecule has 20 nitrogen and oxygen atoms in total. The van der Waals surface area contributed by atoms with Crippen molar-refractivity contribution in [3.63, 3.8) is 0 Å². The van der Waals surface area contributed by atoms with E-state index in [9.17, 15) is 29.1 Å². The molecular weight excluding hydrogens is 940 g/mol. The summed E-state index contributed by atoms with van der Waals surface area (Å²) in [4.78, 5) is 56.3. The molecule has 4 heterocycles. The summed E-state index contributed by atoms with van der Waals surface area (Å²) in [6.45, 7) is 20.0. The number of phenolic OH excluding ortho intramolecular Hbond substituents is 1. The van der Waals surface area contributed by atoms with Crippen molar-refractivity contribution in [2.45, 2.75) is 137 Å². The van der Waals surface area contributed by atoms with Crippen molar-refractivity contribution in [1.29, 1.82) is 0 Å². The van der Waals surface area contributed by atoms with Crippen LogP contribution < -0.4 is 23.7 Å². The van der Waals surface area contributed by atoms with Crippen molar-refractivity contribution in [3.05, 3.63) is 36.4 Å². The Hall–Kier alpha value is -5.09. The van der Waals surface area contributed by atoms with Gasteiger partial charge in [-0.15, -0.1) is 0 Å². The van der Waals surface area contributed by atoms with Crippen LogP contribution in [0.2, 0.25) is 0 Å². The van der Waals surface area contributed by atoms with Gasteiger partial charge >= 0.3 is 41.8 Å². The molecule has 368 valence electrons. The van der Waals surface area contributed by atoms with Gasteiger partial charge in [0.05, 0.1) is 19.3 Å². The summed E-state index contributed by atoms with van der Waals surface area (Å²) in [5.74, 6) is -2.98. The van der Waals surface area contributed by atoms with Crippen LogP contribution in [0.3, 0.4) is 0 Å². The van der Waals surface area contributed by atoms with E-state index in [4.69, 9.17) is 66.3 Å². The summed E-state index contributed by atoms with van der Waals surface area (Å²) < 4.78 is 77.2. The van der Waals surface area contributed by atoms with Crippen LogP contribution in [-0.4, -0.2) is 115 Å². The molecule has 1 N–H and O–H groups in total. The van der Waals surface area contributed by atoms with Gasteiger partial charge in [-0.3, -0.25) is 24.0 Å². The predicted molar refractivity (Wildman–Crippen MR) is 231 cm³/mol. The Morgan fingerprint density at radius 3 is 1.61 bits per heavy atom. The number of carbonyl (C=O) groups excluding carboxylic acids is 5. The van der Waals surface area contributed by atoms with Crippen LogP contribution >= 0.6 is 15.9 Å². The van der Waals surface area contributed by atoms with E-state index in [1.165, 1.54) is 34.6 Å². The smallest absolute Gasteiger partial charge is 0.369 e. The Bertz CT molecular complexity index is 2000. The Morgan fingerprint density at radius 2 is 1.09 bits per heavy atom. The minimum absolute atomic E-state index is 0.0309. The number of esters is 5. The molecule has 6 rings (SSSR count). The van der Waals surface area contributed by atoms with Gasteiger partial charge in [0.1, 0.15) is 31.5 Å². The Morgan fingerprint density at radius 1 is 0.606 bits per heavy atom. The topological polar surface area (TPSA) is 235 Å². The lowest BCUT2D eigenvalue weighted by atomic mass is 9.84. The number of fused-ring (bicyclic) bond motifs is 2. The highest BCUT2D eigenvalue weighted by Gasteiger charge is 2.48. The third kappa shape index (κ3) is 14.5. The highest BCUT2D eigenvalue weighted by Crippen LogP contribution is 2.48. The lowest BCUT2D eigenvalue weighted by molar-refractivity contribution is -0.268. The number of phenols is 1. The first kappa shape index (κ1) is 53.5. The average molecular weight is 1000 g/mol. The summed E-state index contributed by atoms with van der Waals surface area (Å²) in [6.07, 6.45) is -3.88. The SMILES string of the molecule is CC(=O)OC[C@H]1O[C@H](Br)[C@H](OC(C)=O)[C@@H](OC(C)=O)[C@H]1C.CCOC1(C)Oc2cccc(O)c2O1.CCOC1(C)Oc2cccc(O[C@@H]3O[C@H](COC(C)=O)[C@H](OC(C)=O)[C@H](C)[C@H]3C)c2O1. The second kappa shape index (κ2) is 23.6. The third-order valence-corrected chi connectivity index (χ3v) is 11.1. The van der Waals surface area contributed by atoms with Gasteiger partial charge in [-0.05, 0) is 38.1 Å². The van der Waals surface area contributed by atoms with Crippen molar-refractivity contribution in [1.82, 2.24) is 0 Å². The standard InChI is InChI=1S/C22H30O9.C13H19BrO7.C10H12O4/c1-7-26-22(6)30-17-10-8-9-16(20(17)31-22)28-21-13(3)12(2)19(27-15(5)24)18(29-21)11-25-14(4)23;1-6-10(5-18-7(2)15)21-13(14)12(20-9(4)17)11(6)19-8(3)16;1-3-12-10(2)13-8-6-4-5-7(11)9(8)14-10/h8-10,12-13,18-19,21H,7,11H2,1-6H3;6,10-13H,5H2,1-4H3;4-6,11H,3H2,1-2H3/t12-,13-,18-,19-,21-,22?;6-,10+,11-,12+,13-;/m10./s1. The molecule has 2 aromatic rings. The molecule has 2 saturated heterocycles. The first-order valence-electron chi connectivity index (χ1n) is 21.4. The van der Waals surface area contributed by atoms with Crippen LogP contribution in [0, 0.1) is 17.8 Å². The number of ether oxygens (including phenoxy) is 14. The van der Waals surface area contributed by atoms with Gasteiger partial charge in [-0.2, -0.15) is 0 Å². The molecule has 21 heteroatoms. The van der Waals surface area contributed by atoms with Crippen LogP contribution in [0.4, 0.5) is 0 Å². The van der Waals surface area contributed by atoms with Crippen molar-refractivity contribution < 1.29 is 95.4 Å². The van der Waals surface area contributed by atoms with E-state index < -0.39 is 83.6 Å². The minimum atomic E-state index is -1.23. The zero-order valence-electron chi connectivity index (χ0n) is 39.1. The molecule has 0 amide bonds. The molecule has 0 saturated carbocycles. The summed E-state index contributed by atoms with van der Waals surface area (Å²) in [7, 11) is 0. The minimum Gasteiger partial charge on any atom is -0.504 e. The number of halogens is 1. The highest BCUT2D eigenvalue weighted by atomic mass is 79.9. The average Bonchev–Trinajstić information content (AvgIpc) is 3.76. The molecule has 0 bridgehead atoms. The first-order chi connectivity index (χ1) is 31.0. The van der Waals surface area contributed by atoms with Gasteiger partial charge in [0, 0.05) is 66.2 Å². The number of hydrogen-bond donors (Lipinski definition) is 1. The van der Waals surface area contributed by atoms with Crippen molar-refractivity contribution >= 4 is 45.8 Å². The van der Waals surface area contributed by atoms with Crippen LogP contribution in [0.1, 0.15) is 83.1 Å². The number of aromatic hydroxyl groups is 1. The molecule has 12 atom stereocenters. The number of rotatable bonds is 13. The molecule has 66 heavy (non-hydrogen) atoms. The van der Waals surface area contributed by atoms with Crippen molar-refractivity contribution in [2.75, 3.05) is 26.4 Å². The van der Waals surface area contributed by atoms with Gasteiger partial charge in [0.2, 0.25) is 17.8 Å². The number of benzene rings is 2. The lowest BCUT2D eigenvalue weighted by Crippen LogP contribution is -2.55. The van der Waals surface area contributed by atoms with Gasteiger partial charge in [0.25, 0.3) is 0 Å². The number of alkyl halides is 1. The van der Waals surface area contributed by atoms with Gasteiger partial charge in [-0.1, -0.05) is 48.8 Å². The summed E-state index contributed by atoms with van der Waals surface area (Å²) in [6, 6.07) is 10.2. The first-order valence-corrected chi connectivity index (χ1v) is 22.3. The maximum atomic E-state index is 11.6. The number of carbonyl (C=O) groups is 5. The fourth-order valence-electron chi connectivity index (χ4n) is 7.24. The molecule has 2 fully saturated rings. The third-order valence-electron chi connectivity index (χ3n) is 10.4. The van der Waals surface area contributed by atoms with E-state index in [1.54, 1.807) is 57.2 Å². The molecule has 0 aliphatic carbocycles. The maximum Gasteiger partial charge on any atom is 0.369 e. The molecule has 2 aromatic carbocycles. The Labute approximate surface area is 392 Å². The van der Waals surface area contributed by atoms with E-state index in [-0.39, 0.29) is 36.7 Å². The molecule has 4 aliphatic rings. The normalized spacial score (nSPS) is 30.2. The Balaban J connectivity index is 0.000000234. The van der Waals surface area contributed by atoms with E-state index in [2.05, 4.69) is 15.9 Å². The second-order valence-corrected chi connectivity index (χ2v) is 16.7. The zero-order chi connectivity index (χ0) is 49.1. The zero-order valence-corrected chi connectivity index (χ0v) is 40.7. The predicted octanol–water partition coefficient (Wildman–Crippen LogP) is 6.08. The van der Waals surface area contributed by atoms with E-state index in [0.29, 0.717) is 42.0 Å². The summed E-state index contributed by atoms with van der Waals surface area (Å²) in [5, 5.41) is 8.81. The summed E-state index contributed by atoms with van der Waals surface area (Å²) >= 11 is 3.26. The quantitative estimate of drug-likeness (QED) is 0.136. The molecular formula is C45H61BrO20. The fraction of sp³-hybridized carbons (Fsp3) is 0.622. The van der Waals surface area contributed by atoms with Crippen LogP contribution in [-0.2, 0) is 66.6 Å². The van der Waals surface area contributed by atoms with Gasteiger partial charge in [0.15, 0.2) is 34.1 Å². The maximum absolute atomic E-state index is 11.6. The van der Waals surface area contributed by atoms with Crippen molar-refractivity contribution in [2.24, 2.45) is 17.8 Å². The second-order valence-electron chi connectivity index (χ2n) is 15.8. The van der Waals surface area contributed by atoms with E-state index in [1.807, 2.05) is 27.7 Å². The summed E-state index contributed by atoms with van der Waals surface area (Å²) in [5.41, 5.74) is 0. The molecule has 0 radical (unpaired) electrons. The highest BCUT2D eigenvalue weighted by molar-refractivity contribution is 9.09. The van der Waals surface area contributed by atoms with E-state index in [0.717, 1.165) is 0 Å².